The van der Waals surface area contributed by atoms with Gasteiger partial charge in [-0.2, -0.15) is 0 Å². The first-order chi connectivity index (χ1) is 8.68. The molecular formula is C13H18O5S. The Hall–Kier alpha value is -1.40. The molecule has 0 heterocycles. The second kappa shape index (κ2) is 5.71. The van der Waals surface area contributed by atoms with Crippen molar-refractivity contribution in [3.8, 4) is 0 Å². The molecule has 0 radical (unpaired) electrons. The van der Waals surface area contributed by atoms with Crippen molar-refractivity contribution >= 4 is 15.8 Å². The van der Waals surface area contributed by atoms with Crippen LogP contribution >= 0.6 is 0 Å². The van der Waals surface area contributed by atoms with Crippen molar-refractivity contribution in [3.63, 3.8) is 0 Å². The minimum atomic E-state index is -3.50. The van der Waals surface area contributed by atoms with Crippen LogP contribution in [-0.2, 0) is 14.6 Å². The van der Waals surface area contributed by atoms with E-state index in [9.17, 15) is 13.2 Å². The Bertz CT molecular complexity index is 560. The number of methoxy groups -OCH3 is 1. The summed E-state index contributed by atoms with van der Waals surface area (Å²) in [6.07, 6.45) is 0.336. The van der Waals surface area contributed by atoms with Crippen LogP contribution in [0.4, 0.5) is 0 Å². The summed E-state index contributed by atoms with van der Waals surface area (Å²) < 4.78 is 29.4. The predicted molar refractivity (Wildman–Crippen MR) is 71.2 cm³/mol. The van der Waals surface area contributed by atoms with Crippen molar-refractivity contribution in [2.45, 2.75) is 30.8 Å². The van der Waals surface area contributed by atoms with E-state index in [1.807, 2.05) is 0 Å². The molecule has 0 saturated heterocycles. The van der Waals surface area contributed by atoms with E-state index in [0.717, 1.165) is 0 Å². The zero-order valence-electron chi connectivity index (χ0n) is 11.2. The van der Waals surface area contributed by atoms with E-state index in [4.69, 9.17) is 9.84 Å². The van der Waals surface area contributed by atoms with Crippen molar-refractivity contribution in [1.29, 1.82) is 0 Å². The van der Waals surface area contributed by atoms with Crippen LogP contribution in [0, 0.1) is 0 Å². The SMILES string of the molecule is COC(C)(C)CCS(=O)(=O)c1cccc(C(=O)O)c1. The largest absolute Gasteiger partial charge is 0.478 e. The molecule has 1 aromatic rings. The van der Waals surface area contributed by atoms with Crippen LogP contribution in [0.2, 0.25) is 0 Å². The Kier molecular flexibility index (Phi) is 4.70. The highest BCUT2D eigenvalue weighted by atomic mass is 32.2. The van der Waals surface area contributed by atoms with Crippen LogP contribution in [0.1, 0.15) is 30.6 Å². The number of carboxylic acid groups (broad SMARTS) is 1. The number of ether oxygens (including phenoxy) is 1. The number of hydrogen-bond acceptors (Lipinski definition) is 4. The molecule has 5 nitrogen and oxygen atoms in total. The molecule has 0 aliphatic heterocycles. The molecule has 0 aliphatic rings. The first-order valence-corrected chi connectivity index (χ1v) is 7.44. The van der Waals surface area contributed by atoms with E-state index in [0.29, 0.717) is 6.42 Å². The molecule has 1 N–H and O–H groups in total. The zero-order valence-corrected chi connectivity index (χ0v) is 12.0. The standard InChI is InChI=1S/C13H18O5S/c1-13(2,18-3)7-8-19(16,17)11-6-4-5-10(9-11)12(14)15/h4-6,9H,7-8H2,1-3H3,(H,14,15). The molecule has 6 heteroatoms. The molecule has 0 aliphatic carbocycles. The number of sulfone groups is 1. The second-order valence-corrected chi connectivity index (χ2v) is 6.97. The molecule has 0 unspecified atom stereocenters. The molecule has 1 rings (SSSR count). The molecular weight excluding hydrogens is 268 g/mol. The van der Waals surface area contributed by atoms with Gasteiger partial charge in [0, 0.05) is 7.11 Å². The Morgan fingerprint density at radius 1 is 1.37 bits per heavy atom. The van der Waals surface area contributed by atoms with Crippen molar-refractivity contribution in [2.75, 3.05) is 12.9 Å². The fraction of sp³-hybridized carbons (Fsp3) is 0.462. The van der Waals surface area contributed by atoms with Gasteiger partial charge in [-0.1, -0.05) is 6.07 Å². The summed E-state index contributed by atoms with van der Waals surface area (Å²) in [5.74, 6) is -1.23. The molecule has 0 aromatic heterocycles. The normalized spacial score (nSPS) is 12.4. The third kappa shape index (κ3) is 4.33. The van der Waals surface area contributed by atoms with Crippen LogP contribution in [0.25, 0.3) is 0 Å². The number of aromatic carboxylic acids is 1. The van der Waals surface area contributed by atoms with Gasteiger partial charge in [0.05, 0.1) is 21.8 Å². The first-order valence-electron chi connectivity index (χ1n) is 5.79. The first kappa shape index (κ1) is 15.7. The van der Waals surface area contributed by atoms with E-state index >= 15 is 0 Å². The quantitative estimate of drug-likeness (QED) is 0.864. The molecule has 0 amide bonds. The van der Waals surface area contributed by atoms with E-state index in [-0.39, 0.29) is 16.2 Å². The lowest BCUT2D eigenvalue weighted by atomic mass is 10.1. The monoisotopic (exact) mass is 286 g/mol. The van der Waals surface area contributed by atoms with Gasteiger partial charge < -0.3 is 9.84 Å². The molecule has 0 bridgehead atoms. The molecule has 0 saturated carbocycles. The van der Waals surface area contributed by atoms with Crippen LogP contribution in [0.3, 0.4) is 0 Å². The maximum absolute atomic E-state index is 12.1. The topological polar surface area (TPSA) is 80.7 Å². The van der Waals surface area contributed by atoms with Crippen molar-refractivity contribution in [2.24, 2.45) is 0 Å². The number of carboxylic acids is 1. The maximum atomic E-state index is 12.1. The van der Waals surface area contributed by atoms with Gasteiger partial charge in [-0.05, 0) is 38.5 Å². The van der Waals surface area contributed by atoms with E-state index in [2.05, 4.69) is 0 Å². The van der Waals surface area contributed by atoms with Crippen LogP contribution in [0.15, 0.2) is 29.2 Å². The van der Waals surface area contributed by atoms with Crippen molar-refractivity contribution in [1.82, 2.24) is 0 Å². The summed E-state index contributed by atoms with van der Waals surface area (Å²) in [5, 5.41) is 8.86. The van der Waals surface area contributed by atoms with Gasteiger partial charge in [-0.25, -0.2) is 13.2 Å². The lowest BCUT2D eigenvalue weighted by Crippen LogP contribution is -2.26. The Morgan fingerprint density at radius 2 is 2.00 bits per heavy atom. The van der Waals surface area contributed by atoms with Crippen molar-refractivity contribution < 1.29 is 23.1 Å². The average Bonchev–Trinajstić information content (AvgIpc) is 2.37. The number of rotatable bonds is 6. The Labute approximate surface area is 113 Å². The summed E-state index contributed by atoms with van der Waals surface area (Å²) in [7, 11) is -1.98. The van der Waals surface area contributed by atoms with Gasteiger partial charge in [0.25, 0.3) is 0 Å². The van der Waals surface area contributed by atoms with Gasteiger partial charge >= 0.3 is 5.97 Å². The van der Waals surface area contributed by atoms with Crippen LogP contribution in [-0.4, -0.2) is 38.0 Å². The zero-order chi connectivity index (χ0) is 14.7. The number of hydrogen-bond donors (Lipinski definition) is 1. The summed E-state index contributed by atoms with van der Waals surface area (Å²) in [4.78, 5) is 10.9. The Morgan fingerprint density at radius 3 is 2.53 bits per heavy atom. The van der Waals surface area contributed by atoms with Crippen LogP contribution < -0.4 is 0 Å². The minimum absolute atomic E-state index is 0.0271. The van der Waals surface area contributed by atoms with Gasteiger partial charge in [-0.3, -0.25) is 0 Å². The lowest BCUT2D eigenvalue weighted by molar-refractivity contribution is 0.0203. The smallest absolute Gasteiger partial charge is 0.335 e. The summed E-state index contributed by atoms with van der Waals surface area (Å²) in [6, 6.07) is 5.37. The highest BCUT2D eigenvalue weighted by Gasteiger charge is 2.23. The molecule has 106 valence electrons. The highest BCUT2D eigenvalue weighted by molar-refractivity contribution is 7.91. The van der Waals surface area contributed by atoms with Gasteiger partial charge in [0.15, 0.2) is 9.84 Å². The number of carbonyl (C=O) groups is 1. The fourth-order valence-corrected chi connectivity index (χ4v) is 3.01. The molecule has 0 spiro atoms. The molecule has 19 heavy (non-hydrogen) atoms. The van der Waals surface area contributed by atoms with E-state index < -0.39 is 21.4 Å². The van der Waals surface area contributed by atoms with Crippen LogP contribution in [0.5, 0.6) is 0 Å². The average molecular weight is 286 g/mol. The lowest BCUT2D eigenvalue weighted by Gasteiger charge is -2.22. The van der Waals surface area contributed by atoms with Crippen molar-refractivity contribution in [3.05, 3.63) is 29.8 Å². The van der Waals surface area contributed by atoms with E-state index in [1.54, 1.807) is 13.8 Å². The predicted octanol–water partition coefficient (Wildman–Crippen LogP) is 1.97. The van der Waals surface area contributed by atoms with Gasteiger partial charge in [0.1, 0.15) is 0 Å². The summed E-state index contributed by atoms with van der Waals surface area (Å²) in [6.45, 7) is 3.60. The van der Waals surface area contributed by atoms with Gasteiger partial charge in [-0.15, -0.1) is 0 Å². The fourth-order valence-electron chi connectivity index (χ4n) is 1.42. The molecule has 0 fully saturated rings. The summed E-state index contributed by atoms with van der Waals surface area (Å²) >= 11 is 0. The Balaban J connectivity index is 2.95. The van der Waals surface area contributed by atoms with Gasteiger partial charge in [0.2, 0.25) is 0 Å². The molecule has 0 atom stereocenters. The number of benzene rings is 1. The molecule has 1 aromatic carbocycles. The third-order valence-corrected chi connectivity index (χ3v) is 4.68. The minimum Gasteiger partial charge on any atom is -0.478 e. The highest BCUT2D eigenvalue weighted by Crippen LogP contribution is 2.19. The third-order valence-electron chi connectivity index (χ3n) is 2.97. The van der Waals surface area contributed by atoms with E-state index in [1.165, 1.54) is 31.4 Å². The maximum Gasteiger partial charge on any atom is 0.335 e. The second-order valence-electron chi connectivity index (χ2n) is 4.87. The summed E-state index contributed by atoms with van der Waals surface area (Å²) in [5.41, 5.74) is -0.565.